The standard InChI is InChI=1S/C14H15F3N2O5S/c1-2-25(23)10-6-4-3-5-9(10)12(21)24-7-11(20)19-13(22)18-8-14(15,16)17/h3-6H,2,7-8H2,1H3,(H2,18,19,20,22). The van der Waals surface area contributed by atoms with Crippen molar-refractivity contribution in [2.75, 3.05) is 18.9 Å². The summed E-state index contributed by atoms with van der Waals surface area (Å²) in [6.07, 6.45) is -4.62. The van der Waals surface area contributed by atoms with Crippen LogP contribution in [-0.4, -0.2) is 47.2 Å². The number of alkyl halides is 3. The smallest absolute Gasteiger partial charge is 0.405 e. The lowest BCUT2D eigenvalue weighted by atomic mass is 10.2. The molecule has 1 rings (SSSR count). The van der Waals surface area contributed by atoms with Crippen molar-refractivity contribution in [3.8, 4) is 0 Å². The van der Waals surface area contributed by atoms with E-state index in [0.29, 0.717) is 0 Å². The third-order valence-corrected chi connectivity index (χ3v) is 4.02. The minimum atomic E-state index is -4.62. The molecule has 0 saturated carbocycles. The molecule has 25 heavy (non-hydrogen) atoms. The number of carbonyl (C=O) groups excluding carboxylic acids is 3. The molecule has 0 aromatic heterocycles. The summed E-state index contributed by atoms with van der Waals surface area (Å²) >= 11 is 0. The summed E-state index contributed by atoms with van der Waals surface area (Å²) in [5.74, 6) is -1.78. The average molecular weight is 380 g/mol. The maximum Gasteiger partial charge on any atom is 0.405 e. The molecule has 0 fully saturated rings. The fourth-order valence-electron chi connectivity index (χ4n) is 1.59. The highest BCUT2D eigenvalue weighted by Gasteiger charge is 2.28. The number of halogens is 3. The Morgan fingerprint density at radius 1 is 1.20 bits per heavy atom. The predicted octanol–water partition coefficient (Wildman–Crippen LogP) is 1.36. The Balaban J connectivity index is 2.56. The minimum Gasteiger partial charge on any atom is -0.452 e. The van der Waals surface area contributed by atoms with E-state index in [1.54, 1.807) is 18.3 Å². The van der Waals surface area contributed by atoms with Gasteiger partial charge in [0.1, 0.15) is 6.54 Å². The van der Waals surface area contributed by atoms with Gasteiger partial charge in [0.05, 0.1) is 21.3 Å². The van der Waals surface area contributed by atoms with Gasteiger partial charge in [-0.15, -0.1) is 0 Å². The largest absolute Gasteiger partial charge is 0.452 e. The van der Waals surface area contributed by atoms with E-state index < -0.39 is 48.0 Å². The molecule has 0 spiro atoms. The Hall–Kier alpha value is -2.43. The number of amides is 3. The molecule has 0 saturated heterocycles. The lowest BCUT2D eigenvalue weighted by Crippen LogP contribution is -2.44. The van der Waals surface area contributed by atoms with Crippen LogP contribution < -0.4 is 10.6 Å². The molecular formula is C14H15F3N2O5S. The fraction of sp³-hybridized carbons (Fsp3) is 0.357. The second-order valence-corrected chi connectivity index (χ2v) is 6.26. The first kappa shape index (κ1) is 20.6. The van der Waals surface area contributed by atoms with Crippen molar-refractivity contribution in [1.29, 1.82) is 0 Å². The molecule has 0 heterocycles. The van der Waals surface area contributed by atoms with Gasteiger partial charge in [0.2, 0.25) is 0 Å². The van der Waals surface area contributed by atoms with Crippen LogP contribution in [0.3, 0.4) is 0 Å². The van der Waals surface area contributed by atoms with Gasteiger partial charge >= 0.3 is 18.2 Å². The van der Waals surface area contributed by atoms with Crippen LogP contribution in [0, 0.1) is 0 Å². The fourth-order valence-corrected chi connectivity index (χ4v) is 2.52. The molecule has 1 unspecified atom stereocenters. The van der Waals surface area contributed by atoms with Crippen LogP contribution in [0.2, 0.25) is 0 Å². The quantitative estimate of drug-likeness (QED) is 0.726. The third-order valence-electron chi connectivity index (χ3n) is 2.65. The van der Waals surface area contributed by atoms with Gasteiger partial charge in [-0.3, -0.25) is 14.3 Å². The van der Waals surface area contributed by atoms with Crippen molar-refractivity contribution < 1.29 is 36.5 Å². The van der Waals surface area contributed by atoms with E-state index in [1.165, 1.54) is 23.5 Å². The Bertz CT molecular complexity index is 679. The van der Waals surface area contributed by atoms with E-state index in [4.69, 9.17) is 0 Å². The van der Waals surface area contributed by atoms with Gasteiger partial charge in [0, 0.05) is 5.75 Å². The molecule has 1 aromatic rings. The van der Waals surface area contributed by atoms with E-state index in [-0.39, 0.29) is 16.2 Å². The van der Waals surface area contributed by atoms with Gasteiger partial charge in [-0.25, -0.2) is 9.59 Å². The van der Waals surface area contributed by atoms with Gasteiger partial charge in [-0.2, -0.15) is 13.2 Å². The third kappa shape index (κ3) is 7.33. The van der Waals surface area contributed by atoms with E-state index in [1.807, 2.05) is 0 Å². The lowest BCUT2D eigenvalue weighted by molar-refractivity contribution is -0.125. The first-order chi connectivity index (χ1) is 11.6. The molecule has 0 aliphatic carbocycles. The Labute approximate surface area is 143 Å². The van der Waals surface area contributed by atoms with Crippen LogP contribution in [0.25, 0.3) is 0 Å². The molecule has 0 aliphatic rings. The zero-order valence-corrected chi connectivity index (χ0v) is 13.8. The van der Waals surface area contributed by atoms with E-state index in [2.05, 4.69) is 4.74 Å². The molecule has 2 N–H and O–H groups in total. The summed E-state index contributed by atoms with van der Waals surface area (Å²) in [6, 6.07) is 4.56. The van der Waals surface area contributed by atoms with Crippen molar-refractivity contribution in [3.63, 3.8) is 0 Å². The monoisotopic (exact) mass is 380 g/mol. The summed E-state index contributed by atoms with van der Waals surface area (Å²) in [5.41, 5.74) is -0.00277. The van der Waals surface area contributed by atoms with Gasteiger partial charge in [0.15, 0.2) is 6.61 Å². The molecule has 1 atom stereocenters. The van der Waals surface area contributed by atoms with E-state index in [9.17, 15) is 31.8 Å². The minimum absolute atomic E-state index is 0.00277. The second kappa shape index (κ2) is 9.16. The first-order valence-electron chi connectivity index (χ1n) is 6.93. The zero-order valence-electron chi connectivity index (χ0n) is 13.0. The highest BCUT2D eigenvalue weighted by Crippen LogP contribution is 2.15. The van der Waals surface area contributed by atoms with Gasteiger partial charge < -0.3 is 10.1 Å². The first-order valence-corrected chi connectivity index (χ1v) is 8.25. The van der Waals surface area contributed by atoms with Crippen molar-refractivity contribution in [2.24, 2.45) is 0 Å². The summed E-state index contributed by atoms with van der Waals surface area (Å²) < 4.78 is 52.3. The van der Waals surface area contributed by atoms with Gasteiger partial charge in [0.25, 0.3) is 5.91 Å². The number of benzene rings is 1. The molecule has 11 heteroatoms. The molecule has 3 amide bonds. The lowest BCUT2D eigenvalue weighted by Gasteiger charge is -2.10. The summed E-state index contributed by atoms with van der Waals surface area (Å²) in [4.78, 5) is 34.7. The number of esters is 1. The number of hydrogen-bond donors (Lipinski definition) is 2. The Kier molecular flexibility index (Phi) is 7.55. The van der Waals surface area contributed by atoms with Crippen LogP contribution in [0.1, 0.15) is 17.3 Å². The molecule has 0 aliphatic heterocycles. The summed E-state index contributed by atoms with van der Waals surface area (Å²) in [6.45, 7) is -0.835. The van der Waals surface area contributed by atoms with Crippen molar-refractivity contribution in [1.82, 2.24) is 10.6 Å². The normalized spacial score (nSPS) is 12.2. The predicted molar refractivity (Wildman–Crippen MR) is 81.3 cm³/mol. The molecule has 0 bridgehead atoms. The van der Waals surface area contributed by atoms with Crippen molar-refractivity contribution >= 4 is 28.7 Å². The van der Waals surface area contributed by atoms with E-state index in [0.717, 1.165) is 0 Å². The van der Waals surface area contributed by atoms with Gasteiger partial charge in [-0.1, -0.05) is 19.1 Å². The van der Waals surface area contributed by atoms with Crippen molar-refractivity contribution in [2.45, 2.75) is 18.0 Å². The number of hydrogen-bond acceptors (Lipinski definition) is 5. The molecule has 7 nitrogen and oxygen atoms in total. The van der Waals surface area contributed by atoms with Crippen LogP contribution in [0.5, 0.6) is 0 Å². The highest BCUT2D eigenvalue weighted by molar-refractivity contribution is 7.85. The summed E-state index contributed by atoms with van der Waals surface area (Å²) in [7, 11) is -1.43. The molecular weight excluding hydrogens is 365 g/mol. The van der Waals surface area contributed by atoms with Gasteiger partial charge in [-0.05, 0) is 12.1 Å². The SMILES string of the molecule is CCS(=O)c1ccccc1C(=O)OCC(=O)NC(=O)NCC(F)(F)F. The average Bonchev–Trinajstić information content (AvgIpc) is 2.56. The second-order valence-electron chi connectivity index (χ2n) is 4.55. The number of ether oxygens (including phenoxy) is 1. The number of imide groups is 1. The molecule has 0 radical (unpaired) electrons. The molecule has 138 valence electrons. The van der Waals surface area contributed by atoms with Crippen LogP contribution in [0.15, 0.2) is 29.2 Å². The number of carbonyl (C=O) groups is 3. The highest BCUT2D eigenvalue weighted by atomic mass is 32.2. The Morgan fingerprint density at radius 2 is 1.84 bits per heavy atom. The number of urea groups is 1. The molecule has 1 aromatic carbocycles. The maximum atomic E-state index is 11.9. The van der Waals surface area contributed by atoms with Crippen LogP contribution >= 0.6 is 0 Å². The number of nitrogens with one attached hydrogen (secondary N) is 2. The Morgan fingerprint density at radius 3 is 2.44 bits per heavy atom. The van der Waals surface area contributed by atoms with Crippen molar-refractivity contribution in [3.05, 3.63) is 29.8 Å². The number of rotatable bonds is 6. The van der Waals surface area contributed by atoms with Crippen LogP contribution in [0.4, 0.5) is 18.0 Å². The maximum absolute atomic E-state index is 11.9. The van der Waals surface area contributed by atoms with E-state index >= 15 is 0 Å². The topological polar surface area (TPSA) is 102 Å². The zero-order chi connectivity index (χ0) is 19.0. The van der Waals surface area contributed by atoms with Crippen LogP contribution in [-0.2, 0) is 20.3 Å². The summed E-state index contributed by atoms with van der Waals surface area (Å²) in [5, 5.41) is 3.01.